The summed E-state index contributed by atoms with van der Waals surface area (Å²) in [7, 11) is 1.55. The van der Waals surface area contributed by atoms with Crippen molar-refractivity contribution in [1.82, 2.24) is 15.5 Å². The van der Waals surface area contributed by atoms with Gasteiger partial charge in [0, 0.05) is 30.8 Å². The maximum Gasteiger partial charge on any atom is 0.253 e. The van der Waals surface area contributed by atoms with Crippen LogP contribution < -0.4 is 15.4 Å². The number of aryl methyl sites for hydroxylation is 1. The van der Waals surface area contributed by atoms with Gasteiger partial charge in [-0.05, 0) is 62.4 Å². The van der Waals surface area contributed by atoms with Crippen molar-refractivity contribution in [3.63, 3.8) is 0 Å². The van der Waals surface area contributed by atoms with Crippen LogP contribution in [0.3, 0.4) is 0 Å². The van der Waals surface area contributed by atoms with E-state index >= 15 is 0 Å². The molecular formula is C26H33N3O4. The molecule has 1 aliphatic heterocycles. The number of hydrogen-bond donors (Lipinski definition) is 2. The smallest absolute Gasteiger partial charge is 0.253 e. The third-order valence-electron chi connectivity index (χ3n) is 6.01. The molecule has 2 aromatic carbocycles. The monoisotopic (exact) mass is 451 g/mol. The van der Waals surface area contributed by atoms with Gasteiger partial charge in [-0.3, -0.25) is 14.4 Å². The van der Waals surface area contributed by atoms with Gasteiger partial charge in [0.05, 0.1) is 7.11 Å². The highest BCUT2D eigenvalue weighted by Crippen LogP contribution is 2.23. The Morgan fingerprint density at radius 1 is 1.06 bits per heavy atom. The van der Waals surface area contributed by atoms with E-state index < -0.39 is 6.04 Å². The zero-order valence-corrected chi connectivity index (χ0v) is 19.6. The lowest BCUT2D eigenvalue weighted by molar-refractivity contribution is -0.124. The lowest BCUT2D eigenvalue weighted by Gasteiger charge is -2.36. The normalized spacial score (nSPS) is 14.9. The quantitative estimate of drug-likeness (QED) is 0.645. The number of carbonyl (C=O) groups excluding carboxylic acids is 3. The van der Waals surface area contributed by atoms with Crippen LogP contribution in [0.15, 0.2) is 48.5 Å². The van der Waals surface area contributed by atoms with Crippen LogP contribution in [-0.2, 0) is 4.79 Å². The second-order valence-electron chi connectivity index (χ2n) is 8.47. The van der Waals surface area contributed by atoms with E-state index in [-0.39, 0.29) is 23.6 Å². The standard InChI is InChI=1S/C26H33N3O4/c1-4-13-27-25(31)23(28-24(30)20-8-6-10-22(17-20)33-3)19-11-14-29(15-12-19)26(32)21-9-5-7-18(2)16-21/h5-10,16-17,19,23H,4,11-15H2,1-3H3,(H,27,31)(H,28,30). The van der Waals surface area contributed by atoms with Crippen molar-refractivity contribution in [2.75, 3.05) is 26.7 Å². The molecule has 3 amide bonds. The van der Waals surface area contributed by atoms with E-state index in [9.17, 15) is 14.4 Å². The van der Waals surface area contributed by atoms with E-state index in [2.05, 4.69) is 10.6 Å². The van der Waals surface area contributed by atoms with Gasteiger partial charge in [0.2, 0.25) is 5.91 Å². The minimum Gasteiger partial charge on any atom is -0.497 e. The molecule has 3 rings (SSSR count). The number of ether oxygens (including phenoxy) is 1. The predicted octanol–water partition coefficient (Wildman–Crippen LogP) is 3.18. The van der Waals surface area contributed by atoms with Crippen molar-refractivity contribution in [3.05, 3.63) is 65.2 Å². The summed E-state index contributed by atoms with van der Waals surface area (Å²) in [5, 5.41) is 5.85. The number of amides is 3. The summed E-state index contributed by atoms with van der Waals surface area (Å²) < 4.78 is 5.21. The fraction of sp³-hybridized carbons (Fsp3) is 0.423. The Hall–Kier alpha value is -3.35. The Balaban J connectivity index is 1.69. The Morgan fingerprint density at radius 2 is 1.76 bits per heavy atom. The van der Waals surface area contributed by atoms with Gasteiger partial charge < -0.3 is 20.3 Å². The number of carbonyl (C=O) groups is 3. The lowest BCUT2D eigenvalue weighted by Crippen LogP contribution is -2.54. The molecule has 1 saturated heterocycles. The zero-order chi connectivity index (χ0) is 23.8. The number of methoxy groups -OCH3 is 1. The first-order chi connectivity index (χ1) is 15.9. The summed E-state index contributed by atoms with van der Waals surface area (Å²) in [5.74, 6) is 0.0282. The molecule has 1 atom stereocenters. The van der Waals surface area contributed by atoms with Gasteiger partial charge in [-0.15, -0.1) is 0 Å². The highest BCUT2D eigenvalue weighted by Gasteiger charge is 2.34. The van der Waals surface area contributed by atoms with Gasteiger partial charge in [0.1, 0.15) is 11.8 Å². The average molecular weight is 452 g/mol. The van der Waals surface area contributed by atoms with Gasteiger partial charge in [-0.25, -0.2) is 0 Å². The molecule has 7 heteroatoms. The lowest BCUT2D eigenvalue weighted by atomic mass is 9.88. The highest BCUT2D eigenvalue weighted by atomic mass is 16.5. The number of rotatable bonds is 8. The fourth-order valence-corrected chi connectivity index (χ4v) is 4.14. The maximum absolute atomic E-state index is 12.9. The van der Waals surface area contributed by atoms with Crippen LogP contribution in [0, 0.1) is 12.8 Å². The third-order valence-corrected chi connectivity index (χ3v) is 6.01. The summed E-state index contributed by atoms with van der Waals surface area (Å²) in [5.41, 5.74) is 2.16. The van der Waals surface area contributed by atoms with Gasteiger partial charge in [0.25, 0.3) is 11.8 Å². The molecule has 0 bridgehead atoms. The van der Waals surface area contributed by atoms with E-state index in [1.165, 1.54) is 0 Å². The summed E-state index contributed by atoms with van der Waals surface area (Å²) >= 11 is 0. The number of piperidine rings is 1. The molecule has 0 aliphatic carbocycles. The Morgan fingerprint density at radius 3 is 2.42 bits per heavy atom. The van der Waals surface area contributed by atoms with Gasteiger partial charge in [0.15, 0.2) is 0 Å². The van der Waals surface area contributed by atoms with Crippen LogP contribution in [0.1, 0.15) is 52.5 Å². The largest absolute Gasteiger partial charge is 0.497 e. The van der Waals surface area contributed by atoms with E-state index in [4.69, 9.17) is 4.74 Å². The predicted molar refractivity (Wildman–Crippen MR) is 127 cm³/mol. The Kier molecular flexibility index (Phi) is 8.46. The Labute approximate surface area is 195 Å². The number of hydrogen-bond acceptors (Lipinski definition) is 4. The van der Waals surface area contributed by atoms with Crippen molar-refractivity contribution >= 4 is 17.7 Å². The van der Waals surface area contributed by atoms with Crippen LogP contribution in [0.25, 0.3) is 0 Å². The van der Waals surface area contributed by atoms with E-state index in [1.54, 1.807) is 31.4 Å². The SMILES string of the molecule is CCCNC(=O)C(NC(=O)c1cccc(OC)c1)C1CCN(C(=O)c2cccc(C)c2)CC1. The zero-order valence-electron chi connectivity index (χ0n) is 19.6. The number of nitrogens with zero attached hydrogens (tertiary/aromatic N) is 1. The van der Waals surface area contributed by atoms with Crippen molar-refractivity contribution < 1.29 is 19.1 Å². The average Bonchev–Trinajstić information content (AvgIpc) is 2.85. The molecule has 2 N–H and O–H groups in total. The molecule has 1 heterocycles. The number of nitrogens with one attached hydrogen (secondary N) is 2. The van der Waals surface area contributed by atoms with Gasteiger partial charge in [-0.1, -0.05) is 30.7 Å². The summed E-state index contributed by atoms with van der Waals surface area (Å²) in [4.78, 5) is 40.6. The topological polar surface area (TPSA) is 87.7 Å². The minimum absolute atomic E-state index is 0.00421. The van der Waals surface area contributed by atoms with E-state index in [1.807, 2.05) is 43.0 Å². The second-order valence-corrected chi connectivity index (χ2v) is 8.47. The molecule has 0 spiro atoms. The summed E-state index contributed by atoms with van der Waals surface area (Å²) in [6.07, 6.45) is 2.09. The maximum atomic E-state index is 12.9. The number of benzene rings is 2. The van der Waals surface area contributed by atoms with Gasteiger partial charge >= 0.3 is 0 Å². The molecule has 0 aromatic heterocycles. The molecule has 0 radical (unpaired) electrons. The van der Waals surface area contributed by atoms with Crippen LogP contribution in [0.2, 0.25) is 0 Å². The molecule has 176 valence electrons. The Bertz CT molecular complexity index is 983. The van der Waals surface area contributed by atoms with Crippen molar-refractivity contribution in [1.29, 1.82) is 0 Å². The molecule has 1 fully saturated rings. The first-order valence-corrected chi connectivity index (χ1v) is 11.5. The summed E-state index contributed by atoms with van der Waals surface area (Å²) in [6.45, 7) is 5.59. The fourth-order valence-electron chi connectivity index (χ4n) is 4.14. The van der Waals surface area contributed by atoms with E-state index in [0.29, 0.717) is 49.4 Å². The summed E-state index contributed by atoms with van der Waals surface area (Å²) in [6, 6.07) is 13.8. The van der Waals surface area contributed by atoms with Crippen LogP contribution in [0.5, 0.6) is 5.75 Å². The van der Waals surface area contributed by atoms with Gasteiger partial charge in [-0.2, -0.15) is 0 Å². The molecule has 2 aromatic rings. The molecular weight excluding hydrogens is 418 g/mol. The molecule has 1 unspecified atom stereocenters. The first kappa shape index (κ1) is 24.3. The number of likely N-dealkylation sites (tertiary alicyclic amines) is 1. The molecule has 7 nitrogen and oxygen atoms in total. The minimum atomic E-state index is -0.661. The third kappa shape index (κ3) is 6.34. The molecule has 0 saturated carbocycles. The first-order valence-electron chi connectivity index (χ1n) is 11.5. The second kappa shape index (κ2) is 11.5. The van der Waals surface area contributed by atoms with Crippen molar-refractivity contribution in [3.8, 4) is 5.75 Å². The molecule has 1 aliphatic rings. The molecule has 33 heavy (non-hydrogen) atoms. The van der Waals surface area contributed by atoms with Crippen molar-refractivity contribution in [2.45, 2.75) is 39.2 Å². The van der Waals surface area contributed by atoms with Crippen molar-refractivity contribution in [2.24, 2.45) is 5.92 Å². The highest BCUT2D eigenvalue weighted by molar-refractivity contribution is 5.98. The van der Waals surface area contributed by atoms with Crippen LogP contribution in [0.4, 0.5) is 0 Å². The van der Waals surface area contributed by atoms with Crippen LogP contribution in [-0.4, -0.2) is 55.4 Å². The van der Waals surface area contributed by atoms with E-state index in [0.717, 1.165) is 12.0 Å². The van der Waals surface area contributed by atoms with Crippen LogP contribution >= 0.6 is 0 Å².